The van der Waals surface area contributed by atoms with Gasteiger partial charge in [0.25, 0.3) is 11.8 Å². The number of nitrogens with zero attached hydrogens (tertiary/aromatic N) is 1. The molecule has 9 aromatic heterocycles. The van der Waals surface area contributed by atoms with Crippen LogP contribution in [0.25, 0.3) is 89.1 Å². The lowest BCUT2D eigenvalue weighted by Gasteiger charge is -2.23. The molecule has 0 saturated heterocycles. The van der Waals surface area contributed by atoms with Crippen molar-refractivity contribution < 1.29 is 9.59 Å². The fraction of sp³-hybridized carbons (Fsp3) is 0.571. The molecule has 11 rings (SSSR count). The van der Waals surface area contributed by atoms with Crippen LogP contribution in [0.3, 0.4) is 0 Å². The fourth-order valence-electron chi connectivity index (χ4n) is 14.9. The molecule has 1 aliphatic rings. The quantitative estimate of drug-likeness (QED) is 0.0283. The highest BCUT2D eigenvalue weighted by Gasteiger charge is 2.44. The number of carbonyl (C=O) groups excluding carboxylic acids is 2. The molecule has 1 aromatic carbocycles. The molecule has 3 atom stereocenters. The van der Waals surface area contributed by atoms with Gasteiger partial charge in [-0.3, -0.25) is 14.5 Å². The number of thiophene rings is 9. The number of aryl methyl sites for hydroxylation is 2. The minimum Gasteiger partial charge on any atom is -0.274 e. The summed E-state index contributed by atoms with van der Waals surface area (Å²) < 4.78 is 8.23. The Kier molecular flexibility index (Phi) is 27.0. The van der Waals surface area contributed by atoms with E-state index in [1.807, 2.05) is 56.7 Å². The topological polar surface area (TPSA) is 37.4 Å². The van der Waals surface area contributed by atoms with Gasteiger partial charge in [0.05, 0.1) is 20.9 Å². The molecule has 0 spiro atoms. The Morgan fingerprint density at radius 2 is 0.865 bits per heavy atom. The lowest BCUT2D eigenvalue weighted by atomic mass is 9.93. The molecule has 0 radical (unpaired) electrons. The van der Waals surface area contributed by atoms with Crippen molar-refractivity contribution >= 4 is 153 Å². The number of hydrogen-bond acceptors (Lipinski definition) is 11. The van der Waals surface area contributed by atoms with Crippen LogP contribution in [-0.4, -0.2) is 23.3 Å². The maximum absolute atomic E-state index is 15.6. The van der Waals surface area contributed by atoms with E-state index in [4.69, 9.17) is 0 Å². The molecule has 1 aliphatic heterocycles. The number of carbonyl (C=O) groups is 2. The normalized spacial score (nSPS) is 14.0. The van der Waals surface area contributed by atoms with Gasteiger partial charge in [-0.25, -0.2) is 0 Å². The van der Waals surface area contributed by atoms with Crippen molar-refractivity contribution in [2.45, 2.75) is 287 Å². The zero-order valence-corrected chi connectivity index (χ0v) is 67.5. The summed E-state index contributed by atoms with van der Waals surface area (Å²) in [5.74, 6) is 1.62. The van der Waals surface area contributed by atoms with Crippen LogP contribution in [-0.2, 0) is 31.1 Å². The average molecular weight is 1460 g/mol. The van der Waals surface area contributed by atoms with Gasteiger partial charge in [-0.1, -0.05) is 230 Å². The summed E-state index contributed by atoms with van der Waals surface area (Å²) in [6.07, 6.45) is 38.8. The molecule has 0 bridgehead atoms. The lowest BCUT2D eigenvalue weighted by Crippen LogP contribution is -2.35. The molecular formula is C84H111NO2S9. The van der Waals surface area contributed by atoms with Crippen LogP contribution in [0.2, 0.25) is 0 Å². The number of fused-ring (bicyclic) bond motifs is 5. The van der Waals surface area contributed by atoms with Gasteiger partial charge in [0.1, 0.15) is 0 Å². The van der Waals surface area contributed by atoms with Gasteiger partial charge >= 0.3 is 0 Å². The van der Waals surface area contributed by atoms with Crippen LogP contribution in [0.1, 0.15) is 302 Å². The van der Waals surface area contributed by atoms with Crippen LogP contribution in [0, 0.1) is 17.8 Å². The highest BCUT2D eigenvalue weighted by molar-refractivity contribution is 7.36. The second kappa shape index (κ2) is 35.1. The summed E-state index contributed by atoms with van der Waals surface area (Å²) >= 11 is 17.6. The van der Waals surface area contributed by atoms with Crippen LogP contribution in [0.5, 0.6) is 0 Å². The standard InChI is InChI=1S/C84H111NO2S9/c1-12-20-26-30-31-33-39-56(38-32-27-21-13-2)52-85-82(86)73-74(83(85)87)81(96-80(73)68-50-65-75(91-68)57(53-88-65)40-34-28-22-14-3)69-51-67-77(93-69)60(41-35-29-23-15-4)76(92-67)66-48-61-71(63-44-42-58(89-63)46-54(18-7)36-24-16-5)79-62(49-70(95-79)84(9,10)11)72(78(61)94-66)64-45-43-59(90-64)47-55(19-8)37-25-17-6/h42-45,48-51,53-56H,12-41,46-47,52H2,1-11H3. The lowest BCUT2D eigenvalue weighted by molar-refractivity contribution is 0.0622. The third kappa shape index (κ3) is 16.9. The minimum atomic E-state index is -0.0632. The van der Waals surface area contributed by atoms with Gasteiger partial charge in [-0.05, 0) is 140 Å². The van der Waals surface area contributed by atoms with Crippen molar-refractivity contribution in [3.8, 4) is 50.1 Å². The van der Waals surface area contributed by atoms with Crippen molar-refractivity contribution in [2.75, 3.05) is 6.54 Å². The summed E-state index contributed by atoms with van der Waals surface area (Å²) in [5, 5.41) is 5.21. The van der Waals surface area contributed by atoms with Crippen molar-refractivity contribution in [2.24, 2.45) is 17.8 Å². The molecule has 10 aromatic rings. The zero-order chi connectivity index (χ0) is 67.5. The number of rotatable bonds is 41. The summed E-state index contributed by atoms with van der Waals surface area (Å²) in [5.41, 5.74) is 7.15. The van der Waals surface area contributed by atoms with E-state index in [0.717, 1.165) is 70.9 Å². The smallest absolute Gasteiger partial charge is 0.263 e. The summed E-state index contributed by atoms with van der Waals surface area (Å²) in [7, 11) is 0. The Morgan fingerprint density at radius 3 is 1.43 bits per heavy atom. The van der Waals surface area contributed by atoms with E-state index in [0.29, 0.717) is 35.4 Å². The third-order valence-corrected chi connectivity index (χ3v) is 32.3. The predicted molar refractivity (Wildman–Crippen MR) is 439 cm³/mol. The summed E-state index contributed by atoms with van der Waals surface area (Å²) in [6.45, 7) is 26.4. The van der Waals surface area contributed by atoms with Crippen LogP contribution < -0.4 is 0 Å². The Labute approximate surface area is 614 Å². The Hall–Kier alpha value is -3.30. The largest absolute Gasteiger partial charge is 0.274 e. The predicted octanol–water partition coefficient (Wildman–Crippen LogP) is 31.2. The molecule has 518 valence electrons. The second-order valence-electron chi connectivity index (χ2n) is 29.4. The third-order valence-electron chi connectivity index (χ3n) is 20.8. The molecular weight excluding hydrogens is 1340 g/mol. The maximum atomic E-state index is 15.6. The van der Waals surface area contributed by atoms with E-state index in [9.17, 15) is 0 Å². The monoisotopic (exact) mass is 1450 g/mol. The molecule has 0 saturated carbocycles. The van der Waals surface area contributed by atoms with E-state index >= 15 is 9.59 Å². The second-order valence-corrected chi connectivity index (χ2v) is 38.9. The highest BCUT2D eigenvalue weighted by atomic mass is 32.1. The molecule has 12 heteroatoms. The van der Waals surface area contributed by atoms with Gasteiger partial charge < -0.3 is 0 Å². The SMILES string of the molecule is CCCCCCCCC(CCCCCC)CN1C(=O)c2c(-c3cc4scc(CCCCCC)c4s3)sc(-c3cc4sc(-c5cc6c(-c7ccc(CC(CC)CCCC)s7)c7sc(C(C)(C)C)cc7c(-c7ccc(CC(CC)CCCC)s7)c6s5)c(CCCCCC)c4s3)c2C1=O. The van der Waals surface area contributed by atoms with Gasteiger partial charge in [-0.15, -0.1) is 102 Å². The number of hydrogen-bond donors (Lipinski definition) is 0. The van der Waals surface area contributed by atoms with Crippen LogP contribution >= 0.6 is 102 Å². The fourth-order valence-corrected chi connectivity index (χ4v) is 26.7. The summed E-state index contributed by atoms with van der Waals surface area (Å²) in [4.78, 5) is 47.3. The molecule has 10 heterocycles. The average Bonchev–Trinajstić information content (AvgIpc) is 1.56. The number of unbranched alkanes of at least 4 members (excludes halogenated alkanes) is 16. The molecule has 96 heavy (non-hydrogen) atoms. The highest BCUT2D eigenvalue weighted by Crippen LogP contribution is 2.58. The maximum Gasteiger partial charge on any atom is 0.263 e. The van der Waals surface area contributed by atoms with E-state index in [1.54, 1.807) is 16.2 Å². The first-order valence-electron chi connectivity index (χ1n) is 38.0. The summed E-state index contributed by atoms with van der Waals surface area (Å²) in [6, 6.07) is 20.0. The molecule has 3 unspecified atom stereocenters. The van der Waals surface area contributed by atoms with Gasteiger partial charge in [0.2, 0.25) is 0 Å². The van der Waals surface area contributed by atoms with Crippen molar-refractivity contribution in [3.63, 3.8) is 0 Å². The van der Waals surface area contributed by atoms with Crippen molar-refractivity contribution in [1.82, 2.24) is 4.90 Å². The van der Waals surface area contributed by atoms with E-state index < -0.39 is 0 Å². The van der Waals surface area contributed by atoms with Crippen LogP contribution in [0.4, 0.5) is 0 Å². The number of amides is 2. The Balaban J connectivity index is 1.05. The van der Waals surface area contributed by atoms with Crippen LogP contribution in [0.15, 0.2) is 53.9 Å². The first kappa shape index (κ1) is 73.9. The Morgan fingerprint density at radius 1 is 0.396 bits per heavy atom. The van der Waals surface area contributed by atoms with Gasteiger partial charge in [0, 0.05) is 101 Å². The molecule has 0 aliphatic carbocycles. The number of imide groups is 1. The molecule has 0 N–H and O–H groups in total. The molecule has 2 amide bonds. The van der Waals surface area contributed by atoms with E-state index in [-0.39, 0.29) is 17.2 Å². The first-order valence-corrected chi connectivity index (χ1v) is 45.5. The zero-order valence-electron chi connectivity index (χ0n) is 60.2. The van der Waals surface area contributed by atoms with Gasteiger partial charge in [-0.2, -0.15) is 0 Å². The van der Waals surface area contributed by atoms with Gasteiger partial charge in [0.15, 0.2) is 0 Å². The van der Waals surface area contributed by atoms with Crippen molar-refractivity contribution in [3.05, 3.63) is 90.8 Å². The Bertz CT molecular complexity index is 4030. The van der Waals surface area contributed by atoms with E-state index in [1.165, 1.54) is 249 Å². The first-order chi connectivity index (χ1) is 46.7. The molecule has 3 nitrogen and oxygen atoms in total. The number of benzene rings is 1. The molecule has 0 fully saturated rings. The van der Waals surface area contributed by atoms with E-state index in [2.05, 4.69) is 164 Å². The minimum absolute atomic E-state index is 0.0160. The van der Waals surface area contributed by atoms with Crippen molar-refractivity contribution in [1.29, 1.82) is 0 Å².